The molecule has 9 nitrogen and oxygen atoms in total. The molecule has 39 heavy (non-hydrogen) atoms. The Labute approximate surface area is 224 Å². The molecule has 196 valence electrons. The van der Waals surface area contributed by atoms with E-state index in [4.69, 9.17) is 0 Å². The Bertz CT molecular complexity index is 1850. The van der Waals surface area contributed by atoms with Crippen LogP contribution in [0.4, 0.5) is 0 Å². The number of fused-ring (bicyclic) bond motifs is 3. The van der Waals surface area contributed by atoms with E-state index < -0.39 is 5.60 Å². The third kappa shape index (κ3) is 4.34. The van der Waals surface area contributed by atoms with Crippen LogP contribution in [0.3, 0.4) is 0 Å². The van der Waals surface area contributed by atoms with Crippen molar-refractivity contribution in [2.45, 2.75) is 43.9 Å². The molecular formula is C30H29N7O2. The summed E-state index contributed by atoms with van der Waals surface area (Å²) < 4.78 is 3.81. The first-order valence-corrected chi connectivity index (χ1v) is 13.3. The number of H-pyrrole nitrogens is 1. The average Bonchev–Trinajstić information content (AvgIpc) is 3.63. The number of aromatic amines is 1. The predicted octanol–water partition coefficient (Wildman–Crippen LogP) is 4.57. The topological polar surface area (TPSA) is 114 Å². The summed E-state index contributed by atoms with van der Waals surface area (Å²) >= 11 is 0. The van der Waals surface area contributed by atoms with E-state index in [-0.39, 0.29) is 11.9 Å². The molecule has 1 aliphatic carbocycles. The summed E-state index contributed by atoms with van der Waals surface area (Å²) in [6.07, 6.45) is 6.63. The Kier molecular flexibility index (Phi) is 5.48. The lowest BCUT2D eigenvalue weighted by molar-refractivity contribution is -0.0203. The first-order chi connectivity index (χ1) is 18.9. The molecule has 0 bridgehead atoms. The van der Waals surface area contributed by atoms with Crippen molar-refractivity contribution in [3.63, 3.8) is 0 Å². The SMILES string of the molecule is Cn1cc2cc(-c3n[nH]c4ccc(C(=O)N[C@H]5CCC[C@@](O)(Cn6cnc7ccccc76)C5)cc34)ccc2n1. The lowest BCUT2D eigenvalue weighted by atomic mass is 9.81. The van der Waals surface area contributed by atoms with Crippen LogP contribution in [0.1, 0.15) is 36.0 Å². The molecule has 6 aromatic rings. The highest BCUT2D eigenvalue weighted by Gasteiger charge is 2.35. The van der Waals surface area contributed by atoms with Crippen molar-refractivity contribution < 1.29 is 9.90 Å². The number of nitrogens with one attached hydrogen (secondary N) is 2. The molecular weight excluding hydrogens is 490 g/mol. The summed E-state index contributed by atoms with van der Waals surface area (Å²) in [6, 6.07) is 19.5. The van der Waals surface area contributed by atoms with Crippen molar-refractivity contribution in [1.82, 2.24) is 34.8 Å². The van der Waals surface area contributed by atoms with E-state index in [1.165, 1.54) is 0 Å². The number of benzene rings is 3. The summed E-state index contributed by atoms with van der Waals surface area (Å²) in [5, 5.41) is 28.7. The zero-order valence-corrected chi connectivity index (χ0v) is 21.6. The molecule has 3 aromatic carbocycles. The number of para-hydroxylation sites is 2. The molecule has 0 unspecified atom stereocenters. The van der Waals surface area contributed by atoms with E-state index in [9.17, 15) is 9.90 Å². The third-order valence-corrected chi connectivity index (χ3v) is 7.87. The van der Waals surface area contributed by atoms with Crippen LogP contribution in [0.15, 0.2) is 73.2 Å². The van der Waals surface area contributed by atoms with E-state index in [1.807, 2.05) is 72.4 Å². The van der Waals surface area contributed by atoms with Crippen molar-refractivity contribution in [2.24, 2.45) is 7.05 Å². The van der Waals surface area contributed by atoms with Gasteiger partial charge in [0.15, 0.2) is 0 Å². The van der Waals surface area contributed by atoms with Crippen LogP contribution in [0.2, 0.25) is 0 Å². The van der Waals surface area contributed by atoms with Gasteiger partial charge in [0, 0.05) is 41.2 Å². The molecule has 0 saturated heterocycles. The van der Waals surface area contributed by atoms with E-state index in [0.717, 1.165) is 56.9 Å². The van der Waals surface area contributed by atoms with Crippen LogP contribution < -0.4 is 5.32 Å². The lowest BCUT2D eigenvalue weighted by Crippen LogP contribution is -2.47. The molecule has 1 fully saturated rings. The van der Waals surface area contributed by atoms with Crippen LogP contribution in [-0.2, 0) is 13.6 Å². The van der Waals surface area contributed by atoms with Gasteiger partial charge in [-0.2, -0.15) is 10.2 Å². The van der Waals surface area contributed by atoms with Gasteiger partial charge in [-0.15, -0.1) is 0 Å². The van der Waals surface area contributed by atoms with Crippen molar-refractivity contribution >= 4 is 38.7 Å². The Hall–Kier alpha value is -4.50. The number of carbonyl (C=O) groups excluding carboxylic acids is 1. The van der Waals surface area contributed by atoms with Crippen molar-refractivity contribution in [1.29, 1.82) is 0 Å². The van der Waals surface area contributed by atoms with Gasteiger partial charge < -0.3 is 15.0 Å². The quantitative estimate of drug-likeness (QED) is 0.309. The minimum absolute atomic E-state index is 0.112. The molecule has 3 N–H and O–H groups in total. The number of rotatable bonds is 5. The monoisotopic (exact) mass is 519 g/mol. The molecule has 1 saturated carbocycles. The second kappa shape index (κ2) is 9.06. The molecule has 7 rings (SSSR count). The molecule has 3 heterocycles. The van der Waals surface area contributed by atoms with Gasteiger partial charge in [0.05, 0.1) is 46.2 Å². The van der Waals surface area contributed by atoms with Gasteiger partial charge in [0.2, 0.25) is 0 Å². The number of aryl methyl sites for hydroxylation is 1. The highest BCUT2D eigenvalue weighted by atomic mass is 16.3. The molecule has 0 spiro atoms. The normalized spacial score (nSPS) is 19.7. The van der Waals surface area contributed by atoms with E-state index in [1.54, 1.807) is 11.0 Å². The van der Waals surface area contributed by atoms with E-state index >= 15 is 0 Å². The standard InChI is InChI=1S/C30H29N7O2/c1-36-16-21-13-19(8-10-24(21)35-36)28-23-14-20(9-11-25(23)33-34-28)29(38)32-22-5-4-12-30(39,15-22)17-37-18-31-26-6-2-3-7-27(26)37/h2-3,6-11,13-14,16,18,22,39H,4-5,12,15,17H2,1H3,(H,32,38)(H,33,34)/t22-,30-/m0/s1. The Morgan fingerprint density at radius 2 is 2.05 bits per heavy atom. The van der Waals surface area contributed by atoms with Gasteiger partial charge in [0.1, 0.15) is 0 Å². The predicted molar refractivity (Wildman–Crippen MR) is 150 cm³/mol. The minimum atomic E-state index is -0.910. The number of carbonyl (C=O) groups is 1. The summed E-state index contributed by atoms with van der Waals surface area (Å²) in [5.74, 6) is -0.144. The van der Waals surface area contributed by atoms with Gasteiger partial charge >= 0.3 is 0 Å². The highest BCUT2D eigenvalue weighted by molar-refractivity contribution is 6.02. The van der Waals surface area contributed by atoms with E-state index in [0.29, 0.717) is 24.9 Å². The van der Waals surface area contributed by atoms with Crippen LogP contribution in [0.25, 0.3) is 44.1 Å². The van der Waals surface area contributed by atoms with Crippen LogP contribution in [0.5, 0.6) is 0 Å². The van der Waals surface area contributed by atoms with Crippen molar-refractivity contribution in [3.8, 4) is 11.3 Å². The Balaban J connectivity index is 1.10. The molecule has 0 radical (unpaired) electrons. The number of hydrogen-bond donors (Lipinski definition) is 3. The van der Waals surface area contributed by atoms with Gasteiger partial charge in [0.25, 0.3) is 5.91 Å². The molecule has 9 heteroatoms. The largest absolute Gasteiger partial charge is 0.388 e. The van der Waals surface area contributed by atoms with Gasteiger partial charge in [-0.25, -0.2) is 4.98 Å². The number of nitrogens with zero attached hydrogens (tertiary/aromatic N) is 5. The van der Waals surface area contributed by atoms with E-state index in [2.05, 4.69) is 31.7 Å². The maximum atomic E-state index is 13.4. The Morgan fingerprint density at radius 3 is 2.97 bits per heavy atom. The second-order valence-corrected chi connectivity index (χ2v) is 10.8. The molecule has 1 aliphatic rings. The van der Waals surface area contributed by atoms with Gasteiger partial charge in [-0.3, -0.25) is 14.6 Å². The Morgan fingerprint density at radius 1 is 1.15 bits per heavy atom. The fourth-order valence-corrected chi connectivity index (χ4v) is 6.00. The van der Waals surface area contributed by atoms with Crippen molar-refractivity contribution in [2.75, 3.05) is 0 Å². The summed E-state index contributed by atoms with van der Waals surface area (Å²) in [4.78, 5) is 17.8. The maximum Gasteiger partial charge on any atom is 0.251 e. The minimum Gasteiger partial charge on any atom is -0.388 e. The van der Waals surface area contributed by atoms with Crippen molar-refractivity contribution in [3.05, 3.63) is 78.8 Å². The lowest BCUT2D eigenvalue weighted by Gasteiger charge is -2.37. The number of imidazole rings is 1. The van der Waals surface area contributed by atoms with Crippen LogP contribution in [0, 0.1) is 0 Å². The summed E-state index contributed by atoms with van der Waals surface area (Å²) in [7, 11) is 1.90. The smallest absolute Gasteiger partial charge is 0.251 e. The summed E-state index contributed by atoms with van der Waals surface area (Å²) in [5.41, 5.74) is 5.13. The highest BCUT2D eigenvalue weighted by Crippen LogP contribution is 2.32. The summed E-state index contributed by atoms with van der Waals surface area (Å²) in [6.45, 7) is 0.450. The van der Waals surface area contributed by atoms with Gasteiger partial charge in [-0.1, -0.05) is 18.2 Å². The number of aromatic nitrogens is 6. The van der Waals surface area contributed by atoms with Gasteiger partial charge in [-0.05, 0) is 68.1 Å². The number of aliphatic hydroxyl groups is 1. The number of hydrogen-bond acceptors (Lipinski definition) is 5. The molecule has 2 atom stereocenters. The second-order valence-electron chi connectivity index (χ2n) is 10.8. The zero-order valence-electron chi connectivity index (χ0n) is 21.6. The third-order valence-electron chi connectivity index (χ3n) is 7.87. The molecule has 1 amide bonds. The first-order valence-electron chi connectivity index (χ1n) is 13.3. The molecule has 0 aliphatic heterocycles. The van der Waals surface area contributed by atoms with Crippen LogP contribution >= 0.6 is 0 Å². The zero-order chi connectivity index (χ0) is 26.6. The fraction of sp³-hybridized carbons (Fsp3) is 0.267. The fourth-order valence-electron chi connectivity index (χ4n) is 6.00. The van der Waals surface area contributed by atoms with Crippen LogP contribution in [-0.4, -0.2) is 52.2 Å². The molecule has 3 aromatic heterocycles. The first kappa shape index (κ1) is 23.6. The number of amides is 1. The maximum absolute atomic E-state index is 13.4. The average molecular weight is 520 g/mol.